The summed E-state index contributed by atoms with van der Waals surface area (Å²) >= 11 is -0.351. The molecule has 0 fully saturated rings. The maximum absolute atomic E-state index is 12.7. The number of halogens is 11. The van der Waals surface area contributed by atoms with Crippen LogP contribution >= 0.6 is 22.6 Å². The van der Waals surface area contributed by atoms with Gasteiger partial charge in [0.05, 0.1) is 0 Å². The van der Waals surface area contributed by atoms with Gasteiger partial charge in [0.15, 0.2) is 0 Å². The minimum absolute atomic E-state index is 0.351. The fourth-order valence-electron chi connectivity index (χ4n) is 0.541. The summed E-state index contributed by atoms with van der Waals surface area (Å²) in [5.41, 5.74) is 0. The molecule has 0 rings (SSSR count). The zero-order valence-corrected chi connectivity index (χ0v) is 10.2. The van der Waals surface area contributed by atoms with Crippen molar-refractivity contribution in [1.29, 1.82) is 0 Å². The highest BCUT2D eigenvalue weighted by Gasteiger charge is 2.71. The Balaban J connectivity index is 5.39. The van der Waals surface area contributed by atoms with Crippen molar-refractivity contribution >= 4 is 28.6 Å². The van der Waals surface area contributed by atoms with E-state index in [9.17, 15) is 48.7 Å². The van der Waals surface area contributed by atoms with Crippen LogP contribution in [0.3, 0.4) is 0 Å². The van der Waals surface area contributed by atoms with Crippen LogP contribution in [0.5, 0.6) is 0 Å². The number of esters is 1. The maximum atomic E-state index is 12.7. The molecule has 0 aliphatic heterocycles. The Labute approximate surface area is 111 Å². The normalized spacial score (nSPS) is 17.3. The average Bonchev–Trinajstić information content (AvgIpc) is 2.13. The maximum Gasteiger partial charge on any atom is 0.466 e. The monoisotopic (exact) mass is 422 g/mol. The molecule has 114 valence electrons. The Hall–Kier alpha value is -0.500. The quantitative estimate of drug-likeness (QED) is 0.299. The fourth-order valence-corrected chi connectivity index (χ4v) is 0.761. The van der Waals surface area contributed by atoms with Crippen molar-refractivity contribution in [3.05, 3.63) is 0 Å². The van der Waals surface area contributed by atoms with Gasteiger partial charge in [-0.15, -0.1) is 0 Å². The lowest BCUT2D eigenvalue weighted by Crippen LogP contribution is -2.55. The Morgan fingerprint density at radius 2 is 1.32 bits per heavy atom. The van der Waals surface area contributed by atoms with Crippen molar-refractivity contribution in [3.8, 4) is 0 Å². The molecule has 0 aromatic carbocycles. The molecule has 0 radical (unpaired) electrons. The van der Waals surface area contributed by atoms with E-state index in [0.717, 1.165) is 0 Å². The van der Waals surface area contributed by atoms with E-state index < -0.39 is 34.3 Å². The van der Waals surface area contributed by atoms with Crippen molar-refractivity contribution in [2.45, 2.75) is 28.3 Å². The summed E-state index contributed by atoms with van der Waals surface area (Å²) in [6.07, 6.45) is -11.7. The third kappa shape index (κ3) is 3.53. The van der Waals surface area contributed by atoms with Gasteiger partial charge in [0.1, 0.15) is 0 Å². The lowest BCUT2D eigenvalue weighted by atomic mass is 10.3. The van der Waals surface area contributed by atoms with Crippen LogP contribution in [0.2, 0.25) is 0 Å². The van der Waals surface area contributed by atoms with Crippen molar-refractivity contribution in [3.63, 3.8) is 0 Å². The highest BCUT2D eigenvalue weighted by atomic mass is 127. The summed E-state index contributed by atoms with van der Waals surface area (Å²) in [4.78, 5) is 10.3. The average molecular weight is 422 g/mol. The molecule has 0 saturated carbocycles. The number of carbonyl (C=O) groups excluding carboxylic acids is 1. The van der Waals surface area contributed by atoms with Gasteiger partial charge in [0, 0.05) is 22.6 Å². The Bertz CT molecular complexity index is 347. The van der Waals surface area contributed by atoms with Gasteiger partial charge in [-0.2, -0.15) is 35.1 Å². The smallest absolute Gasteiger partial charge is 0.410 e. The van der Waals surface area contributed by atoms with Gasteiger partial charge in [0.2, 0.25) is 0 Å². The Morgan fingerprint density at radius 3 is 1.53 bits per heavy atom. The molecule has 1 unspecified atom stereocenters. The summed E-state index contributed by atoms with van der Waals surface area (Å²) in [7, 11) is 0. The zero-order valence-electron chi connectivity index (χ0n) is 8.05. The van der Waals surface area contributed by atoms with Crippen LogP contribution in [0.15, 0.2) is 0 Å². The second-order valence-electron chi connectivity index (χ2n) is 2.91. The molecule has 0 spiro atoms. The molecule has 0 aromatic rings. The van der Waals surface area contributed by atoms with E-state index in [4.69, 9.17) is 0 Å². The standard InChI is InChI=1S/C6HF10IO2/c7-1(8)4(11,5(12,13)14)19-2(18)3(9,10)6(15,16)17/h1H. The lowest BCUT2D eigenvalue weighted by molar-refractivity contribution is -0.362. The third-order valence-corrected chi connectivity index (χ3v) is 2.20. The molecule has 1 atom stereocenters. The molecule has 0 heterocycles. The van der Waals surface area contributed by atoms with Crippen LogP contribution in [0.4, 0.5) is 43.9 Å². The number of hydrogen-bond acceptors (Lipinski definition) is 2. The first-order valence-corrected chi connectivity index (χ1v) is 4.87. The van der Waals surface area contributed by atoms with Gasteiger partial charge in [-0.05, 0) is 0 Å². The first-order valence-electron chi connectivity index (χ1n) is 3.79. The zero-order chi connectivity index (χ0) is 15.9. The Morgan fingerprint density at radius 1 is 0.947 bits per heavy atom. The van der Waals surface area contributed by atoms with Crippen LogP contribution < -0.4 is 0 Å². The second kappa shape index (κ2) is 5.12. The highest BCUT2D eigenvalue weighted by molar-refractivity contribution is 14.1. The van der Waals surface area contributed by atoms with Crippen molar-refractivity contribution in [1.82, 2.24) is 0 Å². The molecule has 0 saturated heterocycles. The minimum Gasteiger partial charge on any atom is -0.410 e. The van der Waals surface area contributed by atoms with Gasteiger partial charge < -0.3 is 4.74 Å². The van der Waals surface area contributed by atoms with E-state index in [0.29, 0.717) is 0 Å². The summed E-state index contributed by atoms with van der Waals surface area (Å²) in [5.74, 6) is -15.8. The first-order chi connectivity index (χ1) is 8.07. The molecule has 0 aliphatic carbocycles. The van der Waals surface area contributed by atoms with Gasteiger partial charge in [-0.25, -0.2) is 13.6 Å². The van der Waals surface area contributed by atoms with Crippen LogP contribution in [-0.2, 0) is 9.53 Å². The van der Waals surface area contributed by atoms with Crippen LogP contribution in [0, 0.1) is 0 Å². The molecule has 0 amide bonds. The van der Waals surface area contributed by atoms with E-state index in [1.807, 2.05) is 0 Å². The second-order valence-corrected chi connectivity index (χ2v) is 4.26. The van der Waals surface area contributed by atoms with E-state index in [1.54, 1.807) is 0 Å². The van der Waals surface area contributed by atoms with E-state index >= 15 is 0 Å². The van der Waals surface area contributed by atoms with Gasteiger partial charge in [-0.3, -0.25) is 0 Å². The molecule has 0 N–H and O–H groups in total. The van der Waals surface area contributed by atoms with Gasteiger partial charge in [0.25, 0.3) is 0 Å². The van der Waals surface area contributed by atoms with Crippen LogP contribution in [0.1, 0.15) is 0 Å². The molecule has 19 heavy (non-hydrogen) atoms. The molecular formula is C6HF10IO2. The molecule has 0 bridgehead atoms. The SMILES string of the molecule is O=C(OC(F)(C(F)F)C(F)(F)F)C(F)(F)C(F)(F)I. The van der Waals surface area contributed by atoms with E-state index in [1.165, 1.54) is 0 Å². The van der Waals surface area contributed by atoms with Crippen molar-refractivity contribution < 1.29 is 53.4 Å². The number of alkyl halides is 11. The highest BCUT2D eigenvalue weighted by Crippen LogP contribution is 2.45. The van der Waals surface area contributed by atoms with Gasteiger partial charge in [-0.1, -0.05) is 0 Å². The predicted octanol–water partition coefficient (Wildman–Crippen LogP) is 3.69. The molecule has 0 aromatic heterocycles. The van der Waals surface area contributed by atoms with Crippen molar-refractivity contribution in [2.75, 3.05) is 0 Å². The molecule has 13 heteroatoms. The predicted molar refractivity (Wildman–Crippen MR) is 45.9 cm³/mol. The minimum atomic E-state index is -6.59. The van der Waals surface area contributed by atoms with Crippen LogP contribution in [0.25, 0.3) is 0 Å². The van der Waals surface area contributed by atoms with Gasteiger partial charge >= 0.3 is 34.3 Å². The fraction of sp³-hybridized carbons (Fsp3) is 0.833. The van der Waals surface area contributed by atoms with E-state index in [-0.39, 0.29) is 22.6 Å². The lowest BCUT2D eigenvalue weighted by Gasteiger charge is -2.29. The summed E-state index contributed by atoms with van der Waals surface area (Å²) in [6.45, 7) is 0. The topological polar surface area (TPSA) is 26.3 Å². The summed E-state index contributed by atoms with van der Waals surface area (Å²) in [6, 6.07) is 0. The Kier molecular flexibility index (Phi) is 4.99. The summed E-state index contributed by atoms with van der Waals surface area (Å²) in [5, 5.41) is 0. The van der Waals surface area contributed by atoms with Crippen molar-refractivity contribution in [2.24, 2.45) is 0 Å². The number of ether oxygens (including phenoxy) is 1. The number of carbonyl (C=O) groups is 1. The molecular weight excluding hydrogens is 421 g/mol. The number of hydrogen-bond donors (Lipinski definition) is 0. The molecule has 0 aliphatic rings. The third-order valence-electron chi connectivity index (χ3n) is 1.52. The van der Waals surface area contributed by atoms with Crippen LogP contribution in [-0.4, -0.2) is 34.3 Å². The van der Waals surface area contributed by atoms with E-state index in [2.05, 4.69) is 4.74 Å². The summed E-state index contributed by atoms with van der Waals surface area (Å²) < 4.78 is 118. The number of rotatable bonds is 4. The first kappa shape index (κ1) is 18.5. The molecule has 2 nitrogen and oxygen atoms in total. The largest absolute Gasteiger partial charge is 0.466 e.